The van der Waals surface area contributed by atoms with Gasteiger partial charge < -0.3 is 14.4 Å². The molecule has 0 spiro atoms. The van der Waals surface area contributed by atoms with E-state index in [4.69, 9.17) is 4.74 Å². The second-order valence-corrected chi connectivity index (χ2v) is 4.58. The molecule has 6 heteroatoms. The molecule has 1 unspecified atom stereocenters. The van der Waals surface area contributed by atoms with Crippen molar-refractivity contribution in [1.82, 2.24) is 4.90 Å². The van der Waals surface area contributed by atoms with Crippen LogP contribution in [0.2, 0.25) is 0 Å². The van der Waals surface area contributed by atoms with E-state index >= 15 is 0 Å². The zero-order valence-electron chi connectivity index (χ0n) is 11.3. The number of Topliss-reactive ketones (excluding diaryl/α,β-unsaturated/α-hetero) is 2. The lowest BCUT2D eigenvalue weighted by Crippen LogP contribution is -2.46. The maximum Gasteiger partial charge on any atom is 0.316 e. The summed E-state index contributed by atoms with van der Waals surface area (Å²) in [4.78, 5) is 47.3. The standard InChI is InChI=1S/C13H19NO5/c1-3-19-13(18)10-6-7-14(8-11(10)16)12(17)5-4-9(2)15/h10H,3-8H2,1-2H3. The average Bonchev–Trinajstić information content (AvgIpc) is 2.35. The zero-order chi connectivity index (χ0) is 14.4. The number of esters is 1. The third kappa shape index (κ3) is 4.46. The van der Waals surface area contributed by atoms with Crippen molar-refractivity contribution in [2.45, 2.75) is 33.1 Å². The Labute approximate surface area is 112 Å². The van der Waals surface area contributed by atoms with Crippen LogP contribution in [0.3, 0.4) is 0 Å². The Hall–Kier alpha value is -1.72. The maximum atomic E-state index is 11.8. The first-order chi connectivity index (χ1) is 8.95. The summed E-state index contributed by atoms with van der Waals surface area (Å²) < 4.78 is 4.82. The van der Waals surface area contributed by atoms with E-state index in [1.165, 1.54) is 11.8 Å². The fourth-order valence-corrected chi connectivity index (χ4v) is 1.97. The molecule has 0 aromatic heterocycles. The summed E-state index contributed by atoms with van der Waals surface area (Å²) in [7, 11) is 0. The Morgan fingerprint density at radius 3 is 2.53 bits per heavy atom. The smallest absolute Gasteiger partial charge is 0.316 e. The van der Waals surface area contributed by atoms with Gasteiger partial charge in [0, 0.05) is 19.4 Å². The number of rotatable bonds is 5. The molecule has 1 rings (SSSR count). The predicted molar refractivity (Wildman–Crippen MR) is 66.2 cm³/mol. The SMILES string of the molecule is CCOC(=O)C1CCN(C(=O)CCC(C)=O)CC1=O. The Kier molecular flexibility index (Phi) is 5.66. The first-order valence-corrected chi connectivity index (χ1v) is 6.42. The number of piperidine rings is 1. The van der Waals surface area contributed by atoms with Crippen LogP contribution in [0.1, 0.15) is 33.1 Å². The minimum absolute atomic E-state index is 0.0545. The van der Waals surface area contributed by atoms with E-state index in [0.29, 0.717) is 13.0 Å². The molecule has 1 aliphatic heterocycles. The second-order valence-electron chi connectivity index (χ2n) is 4.58. The van der Waals surface area contributed by atoms with Crippen molar-refractivity contribution in [3.63, 3.8) is 0 Å². The number of ether oxygens (including phenoxy) is 1. The fourth-order valence-electron chi connectivity index (χ4n) is 1.97. The van der Waals surface area contributed by atoms with Crippen LogP contribution >= 0.6 is 0 Å². The summed E-state index contributed by atoms with van der Waals surface area (Å²) in [5.74, 6) is -1.83. The largest absolute Gasteiger partial charge is 0.465 e. The topological polar surface area (TPSA) is 80.8 Å². The molecule has 1 amide bonds. The first kappa shape index (κ1) is 15.3. The highest BCUT2D eigenvalue weighted by Gasteiger charge is 2.34. The molecule has 1 aliphatic rings. The van der Waals surface area contributed by atoms with E-state index in [1.807, 2.05) is 0 Å². The maximum absolute atomic E-state index is 11.8. The van der Waals surface area contributed by atoms with E-state index in [9.17, 15) is 19.2 Å². The summed E-state index contributed by atoms with van der Waals surface area (Å²) in [6, 6.07) is 0. The quantitative estimate of drug-likeness (QED) is 0.531. The molecule has 0 aromatic carbocycles. The van der Waals surface area contributed by atoms with Crippen molar-refractivity contribution < 1.29 is 23.9 Å². The van der Waals surface area contributed by atoms with Gasteiger partial charge in [0.15, 0.2) is 5.78 Å². The minimum Gasteiger partial charge on any atom is -0.465 e. The third-order valence-corrected chi connectivity index (χ3v) is 3.04. The number of likely N-dealkylation sites (tertiary alicyclic amines) is 1. The lowest BCUT2D eigenvalue weighted by molar-refractivity contribution is -0.156. The average molecular weight is 269 g/mol. The molecule has 0 aromatic rings. The Morgan fingerprint density at radius 1 is 1.32 bits per heavy atom. The normalized spacial score (nSPS) is 19.2. The molecule has 0 radical (unpaired) electrons. The molecule has 106 valence electrons. The molecule has 1 atom stereocenters. The van der Waals surface area contributed by atoms with Gasteiger partial charge in [0.25, 0.3) is 0 Å². The van der Waals surface area contributed by atoms with Crippen molar-refractivity contribution >= 4 is 23.4 Å². The van der Waals surface area contributed by atoms with Crippen molar-refractivity contribution in [2.75, 3.05) is 19.7 Å². The molecule has 0 bridgehead atoms. The third-order valence-electron chi connectivity index (χ3n) is 3.04. The van der Waals surface area contributed by atoms with E-state index in [0.717, 1.165) is 0 Å². The van der Waals surface area contributed by atoms with Crippen LogP contribution in [0.15, 0.2) is 0 Å². The number of hydrogen-bond acceptors (Lipinski definition) is 5. The molecule has 1 fully saturated rings. The van der Waals surface area contributed by atoms with Crippen molar-refractivity contribution in [3.05, 3.63) is 0 Å². The van der Waals surface area contributed by atoms with Crippen molar-refractivity contribution in [3.8, 4) is 0 Å². The number of carbonyl (C=O) groups excluding carboxylic acids is 4. The van der Waals surface area contributed by atoms with Crippen molar-refractivity contribution in [2.24, 2.45) is 5.92 Å². The van der Waals surface area contributed by atoms with E-state index < -0.39 is 11.9 Å². The number of ketones is 2. The van der Waals surface area contributed by atoms with Gasteiger partial charge in [-0.3, -0.25) is 14.4 Å². The minimum atomic E-state index is -0.753. The monoisotopic (exact) mass is 269 g/mol. The number of hydrogen-bond donors (Lipinski definition) is 0. The van der Waals surface area contributed by atoms with Crippen LogP contribution in [0.25, 0.3) is 0 Å². The molecular formula is C13H19NO5. The van der Waals surface area contributed by atoms with Crippen LogP contribution in [0.4, 0.5) is 0 Å². The van der Waals surface area contributed by atoms with Gasteiger partial charge in [-0.25, -0.2) is 0 Å². The van der Waals surface area contributed by atoms with E-state index in [1.54, 1.807) is 6.92 Å². The number of nitrogens with zero attached hydrogens (tertiary/aromatic N) is 1. The molecule has 1 heterocycles. The highest BCUT2D eigenvalue weighted by Crippen LogP contribution is 2.16. The Morgan fingerprint density at radius 2 is 2.00 bits per heavy atom. The molecule has 6 nitrogen and oxygen atoms in total. The van der Waals surface area contributed by atoms with E-state index in [-0.39, 0.29) is 43.5 Å². The van der Waals surface area contributed by atoms with Crippen LogP contribution < -0.4 is 0 Å². The zero-order valence-corrected chi connectivity index (χ0v) is 11.3. The summed E-state index contributed by atoms with van der Waals surface area (Å²) in [5, 5.41) is 0. The molecule has 19 heavy (non-hydrogen) atoms. The van der Waals surface area contributed by atoms with Gasteiger partial charge in [0.05, 0.1) is 13.2 Å². The van der Waals surface area contributed by atoms with Crippen LogP contribution in [0, 0.1) is 5.92 Å². The first-order valence-electron chi connectivity index (χ1n) is 6.42. The summed E-state index contributed by atoms with van der Waals surface area (Å²) in [5.41, 5.74) is 0. The molecule has 1 saturated heterocycles. The van der Waals surface area contributed by atoms with Gasteiger partial charge in [-0.1, -0.05) is 0 Å². The fraction of sp³-hybridized carbons (Fsp3) is 0.692. The van der Waals surface area contributed by atoms with Gasteiger partial charge in [0.2, 0.25) is 5.91 Å². The molecule has 0 saturated carbocycles. The van der Waals surface area contributed by atoms with Crippen LogP contribution in [-0.2, 0) is 23.9 Å². The van der Waals surface area contributed by atoms with Gasteiger partial charge in [-0.05, 0) is 20.3 Å². The summed E-state index contributed by atoms with van der Waals surface area (Å²) >= 11 is 0. The number of amides is 1. The van der Waals surface area contributed by atoms with Gasteiger partial charge in [-0.15, -0.1) is 0 Å². The second kappa shape index (κ2) is 7.01. The van der Waals surface area contributed by atoms with Crippen molar-refractivity contribution in [1.29, 1.82) is 0 Å². The van der Waals surface area contributed by atoms with Gasteiger partial charge >= 0.3 is 5.97 Å². The summed E-state index contributed by atoms with van der Waals surface area (Å²) in [6.45, 7) is 3.63. The lowest BCUT2D eigenvalue weighted by Gasteiger charge is -2.29. The predicted octanol–water partition coefficient (Wildman–Crippen LogP) is 0.336. The van der Waals surface area contributed by atoms with Gasteiger partial charge in [-0.2, -0.15) is 0 Å². The highest BCUT2D eigenvalue weighted by atomic mass is 16.5. The van der Waals surface area contributed by atoms with Gasteiger partial charge in [0.1, 0.15) is 11.7 Å². The van der Waals surface area contributed by atoms with Crippen LogP contribution in [0.5, 0.6) is 0 Å². The Bertz CT molecular complexity index is 390. The highest BCUT2D eigenvalue weighted by molar-refractivity contribution is 6.02. The molecule has 0 aliphatic carbocycles. The Balaban J connectivity index is 2.49. The van der Waals surface area contributed by atoms with E-state index in [2.05, 4.69) is 0 Å². The lowest BCUT2D eigenvalue weighted by atomic mass is 9.95. The molecular weight excluding hydrogens is 250 g/mol. The number of carbonyl (C=O) groups is 4. The summed E-state index contributed by atoms with van der Waals surface area (Å²) in [6.07, 6.45) is 0.598. The van der Waals surface area contributed by atoms with Crippen LogP contribution in [-0.4, -0.2) is 48.0 Å². The molecule has 0 N–H and O–H groups in total.